The van der Waals surface area contributed by atoms with Crippen molar-refractivity contribution in [3.8, 4) is 0 Å². The summed E-state index contributed by atoms with van der Waals surface area (Å²) < 4.78 is 1.20. The van der Waals surface area contributed by atoms with Gasteiger partial charge in [-0.3, -0.25) is 0 Å². The van der Waals surface area contributed by atoms with E-state index >= 15 is 0 Å². The summed E-state index contributed by atoms with van der Waals surface area (Å²) >= 11 is 3.57. The lowest BCUT2D eigenvalue weighted by Gasteiger charge is -2.27. The van der Waals surface area contributed by atoms with Crippen LogP contribution in [-0.4, -0.2) is 13.1 Å². The van der Waals surface area contributed by atoms with Gasteiger partial charge in [-0.05, 0) is 74.6 Å². The van der Waals surface area contributed by atoms with Gasteiger partial charge in [0.1, 0.15) is 0 Å². The number of hydrogen-bond donors (Lipinski definition) is 1. The van der Waals surface area contributed by atoms with E-state index in [4.69, 9.17) is 0 Å². The van der Waals surface area contributed by atoms with Crippen LogP contribution in [0.25, 0.3) is 0 Å². The maximum absolute atomic E-state index is 3.60. The highest BCUT2D eigenvalue weighted by atomic mass is 79.9. The van der Waals surface area contributed by atoms with Crippen molar-refractivity contribution >= 4 is 15.9 Å². The molecule has 1 unspecified atom stereocenters. The van der Waals surface area contributed by atoms with Crippen molar-refractivity contribution in [2.45, 2.75) is 38.1 Å². The Morgan fingerprint density at radius 1 is 1.22 bits per heavy atom. The first kappa shape index (κ1) is 12.7. The molecule has 98 valence electrons. The van der Waals surface area contributed by atoms with Crippen LogP contribution < -0.4 is 5.32 Å². The number of likely N-dealkylation sites (N-methyl/N-ethyl adjacent to an activating group) is 1. The fraction of sp³-hybridized carbons (Fsp3) is 0.625. The molecule has 1 aromatic rings. The van der Waals surface area contributed by atoms with Gasteiger partial charge in [-0.2, -0.15) is 0 Å². The Balaban J connectivity index is 1.71. The minimum atomic E-state index is 0.666. The molecule has 0 aliphatic heterocycles. The second-order valence-corrected chi connectivity index (χ2v) is 6.90. The molecule has 1 aromatic carbocycles. The average Bonchev–Trinajstić information content (AvgIpc) is 3.23. The maximum atomic E-state index is 3.60. The summed E-state index contributed by atoms with van der Waals surface area (Å²) in [5, 5.41) is 3.60. The average molecular weight is 308 g/mol. The molecule has 2 saturated carbocycles. The van der Waals surface area contributed by atoms with Gasteiger partial charge in [0.25, 0.3) is 0 Å². The van der Waals surface area contributed by atoms with Crippen LogP contribution in [0.4, 0.5) is 0 Å². The van der Waals surface area contributed by atoms with Gasteiger partial charge in [-0.25, -0.2) is 0 Å². The number of halogens is 1. The van der Waals surface area contributed by atoms with Gasteiger partial charge in [-0.1, -0.05) is 28.1 Å². The van der Waals surface area contributed by atoms with Crippen LogP contribution in [0.3, 0.4) is 0 Å². The molecule has 0 bridgehead atoms. The Labute approximate surface area is 118 Å². The van der Waals surface area contributed by atoms with Crippen molar-refractivity contribution in [2.24, 2.45) is 17.8 Å². The Morgan fingerprint density at radius 3 is 2.39 bits per heavy atom. The normalized spacial score (nSPS) is 21.3. The number of benzene rings is 1. The zero-order valence-electron chi connectivity index (χ0n) is 11.0. The Bertz CT molecular complexity index is 397. The third kappa shape index (κ3) is 2.97. The van der Waals surface area contributed by atoms with Gasteiger partial charge in [0, 0.05) is 10.5 Å². The molecule has 2 heteroatoms. The Kier molecular flexibility index (Phi) is 3.76. The van der Waals surface area contributed by atoms with Crippen molar-refractivity contribution in [3.05, 3.63) is 34.3 Å². The highest BCUT2D eigenvalue weighted by Crippen LogP contribution is 2.51. The van der Waals surface area contributed by atoms with E-state index < -0.39 is 0 Å². The highest BCUT2D eigenvalue weighted by Gasteiger charge is 2.44. The van der Waals surface area contributed by atoms with Gasteiger partial charge in [0.15, 0.2) is 0 Å². The lowest BCUT2D eigenvalue weighted by molar-refractivity contribution is 0.293. The second kappa shape index (κ2) is 5.34. The largest absolute Gasteiger partial charge is 0.316 e. The van der Waals surface area contributed by atoms with Gasteiger partial charge in [-0.15, -0.1) is 0 Å². The lowest BCUT2D eigenvalue weighted by Crippen LogP contribution is -2.38. The summed E-state index contributed by atoms with van der Waals surface area (Å²) in [5.41, 5.74) is 1.45. The zero-order chi connectivity index (χ0) is 12.5. The molecule has 18 heavy (non-hydrogen) atoms. The maximum Gasteiger partial charge on any atom is 0.0178 e. The molecule has 2 fully saturated rings. The molecule has 0 amide bonds. The van der Waals surface area contributed by atoms with E-state index in [9.17, 15) is 0 Å². The van der Waals surface area contributed by atoms with Crippen LogP contribution in [0.5, 0.6) is 0 Å². The lowest BCUT2D eigenvalue weighted by atomic mass is 9.86. The van der Waals surface area contributed by atoms with E-state index in [1.165, 1.54) is 42.1 Å². The molecular formula is C16H22BrN. The van der Waals surface area contributed by atoms with E-state index in [2.05, 4.69) is 52.6 Å². The fourth-order valence-electron chi connectivity index (χ4n) is 3.35. The van der Waals surface area contributed by atoms with Gasteiger partial charge in [0.2, 0.25) is 0 Å². The number of nitrogens with one attached hydrogen (secondary N) is 1. The molecule has 2 aliphatic carbocycles. The second-order valence-electron chi connectivity index (χ2n) is 5.98. The van der Waals surface area contributed by atoms with Crippen molar-refractivity contribution in [1.29, 1.82) is 0 Å². The summed E-state index contributed by atoms with van der Waals surface area (Å²) in [7, 11) is 2.14. The van der Waals surface area contributed by atoms with Crippen LogP contribution in [0.15, 0.2) is 28.7 Å². The molecule has 1 atom stereocenters. The molecule has 0 saturated heterocycles. The summed E-state index contributed by atoms with van der Waals surface area (Å²) in [6, 6.07) is 9.44. The zero-order valence-corrected chi connectivity index (χ0v) is 12.6. The third-order valence-corrected chi connectivity index (χ3v) is 5.01. The molecule has 0 aromatic heterocycles. The van der Waals surface area contributed by atoms with Crippen molar-refractivity contribution < 1.29 is 0 Å². The van der Waals surface area contributed by atoms with E-state index in [0.29, 0.717) is 6.04 Å². The predicted molar refractivity (Wildman–Crippen MR) is 79.6 cm³/mol. The summed E-state index contributed by atoms with van der Waals surface area (Å²) in [4.78, 5) is 0. The minimum absolute atomic E-state index is 0.666. The molecule has 0 heterocycles. The predicted octanol–water partition coefficient (Wildman–Crippen LogP) is 4.02. The monoisotopic (exact) mass is 307 g/mol. The molecule has 0 spiro atoms. The van der Waals surface area contributed by atoms with E-state index in [1.807, 2.05) is 0 Å². The molecule has 0 radical (unpaired) electrons. The van der Waals surface area contributed by atoms with Gasteiger partial charge >= 0.3 is 0 Å². The molecule has 1 N–H and O–H groups in total. The molecule has 2 aliphatic rings. The third-order valence-electron chi connectivity index (χ3n) is 4.51. The van der Waals surface area contributed by atoms with Gasteiger partial charge < -0.3 is 5.32 Å². The molecule has 1 nitrogen and oxygen atoms in total. The fourth-order valence-corrected chi connectivity index (χ4v) is 3.80. The smallest absolute Gasteiger partial charge is 0.0178 e. The van der Waals surface area contributed by atoms with Crippen molar-refractivity contribution in [1.82, 2.24) is 5.32 Å². The molecule has 3 rings (SSSR count). The first-order chi connectivity index (χ1) is 8.78. The van der Waals surface area contributed by atoms with Gasteiger partial charge in [0.05, 0.1) is 0 Å². The van der Waals surface area contributed by atoms with Crippen LogP contribution in [0, 0.1) is 17.8 Å². The van der Waals surface area contributed by atoms with E-state index in [1.54, 1.807) is 0 Å². The van der Waals surface area contributed by atoms with E-state index in [-0.39, 0.29) is 0 Å². The Morgan fingerprint density at radius 2 is 1.89 bits per heavy atom. The number of hydrogen-bond acceptors (Lipinski definition) is 1. The highest BCUT2D eigenvalue weighted by molar-refractivity contribution is 9.10. The first-order valence-corrected chi connectivity index (χ1v) is 7.99. The summed E-state index contributed by atoms with van der Waals surface area (Å²) in [5.74, 6) is 2.96. The van der Waals surface area contributed by atoms with Crippen molar-refractivity contribution in [2.75, 3.05) is 7.05 Å². The van der Waals surface area contributed by atoms with Crippen molar-refractivity contribution in [3.63, 3.8) is 0 Å². The first-order valence-electron chi connectivity index (χ1n) is 7.19. The standard InChI is InChI=1S/C16H22BrN/c1-18-15(10-11-3-2-4-14(17)9-11)16(12-5-6-12)13-7-8-13/h2-4,9,12-13,15-16,18H,5-8,10H2,1H3. The Hall–Kier alpha value is -0.340. The SMILES string of the molecule is CNC(Cc1cccc(Br)c1)C(C1CC1)C1CC1. The quantitative estimate of drug-likeness (QED) is 0.837. The van der Waals surface area contributed by atoms with Crippen LogP contribution in [-0.2, 0) is 6.42 Å². The number of rotatable bonds is 6. The van der Waals surface area contributed by atoms with Crippen LogP contribution in [0.1, 0.15) is 31.2 Å². The van der Waals surface area contributed by atoms with E-state index in [0.717, 1.165) is 17.8 Å². The summed E-state index contributed by atoms with van der Waals surface area (Å²) in [6.07, 6.45) is 7.05. The minimum Gasteiger partial charge on any atom is -0.316 e. The van der Waals surface area contributed by atoms with Crippen LogP contribution >= 0.6 is 15.9 Å². The molecular weight excluding hydrogens is 286 g/mol. The topological polar surface area (TPSA) is 12.0 Å². The summed E-state index contributed by atoms with van der Waals surface area (Å²) in [6.45, 7) is 0. The van der Waals surface area contributed by atoms with Crippen LogP contribution in [0.2, 0.25) is 0 Å².